The first-order valence-corrected chi connectivity index (χ1v) is 19.8. The quantitative estimate of drug-likeness (QED) is 0.179. The fourth-order valence-corrected chi connectivity index (χ4v) is 13.8. The Kier molecular flexibility index (Phi) is 9.71. The number of ketones is 1. The van der Waals surface area contributed by atoms with E-state index in [4.69, 9.17) is 0 Å². The summed E-state index contributed by atoms with van der Waals surface area (Å²) in [5, 5.41) is 19.3. The number of carbonyl (C=O) groups is 2. The van der Waals surface area contributed by atoms with Crippen LogP contribution < -0.4 is 0 Å². The molecule has 4 saturated carbocycles. The standard InChI is InChI=1S/C45H65NO4/c1-10-46(28-30(4)47)27-11-12-38(48)45-24-19-33(29(2)3)39(45)35-17-18-37-42(7)22-20-34(31-13-15-32(16-14-31)40(49)50)41(5,6)36(42)21-23-44(37,9)43(35,8)25-26-45/h13-16,20,33,35-37,39,47H,2,4,10-12,17-19,21-28H2,1,3,5-9H3,(H,49,50)/t33-,35+,36-,37+,39+,42-,43+,44+,45+/m0/s1. The summed E-state index contributed by atoms with van der Waals surface area (Å²) in [7, 11) is 0. The number of fused-ring (bicyclic) bond motifs is 7. The van der Waals surface area contributed by atoms with E-state index in [1.807, 2.05) is 12.1 Å². The highest BCUT2D eigenvalue weighted by Crippen LogP contribution is 2.78. The number of Topliss-reactive ketones (excluding diaryl/α,β-unsaturated/α-hetero) is 1. The van der Waals surface area contributed by atoms with Crippen molar-refractivity contribution in [2.75, 3.05) is 19.6 Å². The summed E-state index contributed by atoms with van der Waals surface area (Å²) >= 11 is 0. The fraction of sp³-hybridized carbons (Fsp3) is 0.689. The van der Waals surface area contributed by atoms with Crippen LogP contribution >= 0.6 is 0 Å². The number of rotatable bonds is 11. The SMILES string of the molecule is C=C(O)CN(CC)CCCC(=O)[C@]12CC[C@@H](C(=C)C)[C@@H]1[C@H]1CC[C@@H]3[C@@]4(C)CC=C(c5ccc(C(=O)O)cc5)C(C)(C)[C@@H]4CC[C@@]3(C)[C@]1(C)CC2. The van der Waals surface area contributed by atoms with Gasteiger partial charge in [-0.2, -0.15) is 0 Å². The van der Waals surface area contributed by atoms with E-state index in [1.54, 1.807) is 12.1 Å². The van der Waals surface area contributed by atoms with Crippen LogP contribution in [0.15, 0.2) is 54.8 Å². The highest BCUT2D eigenvalue weighted by atomic mass is 16.4. The average molecular weight is 684 g/mol. The van der Waals surface area contributed by atoms with E-state index in [0.29, 0.717) is 53.9 Å². The maximum atomic E-state index is 14.6. The molecule has 50 heavy (non-hydrogen) atoms. The van der Waals surface area contributed by atoms with E-state index in [2.05, 4.69) is 72.6 Å². The largest absolute Gasteiger partial charge is 0.512 e. The van der Waals surface area contributed by atoms with Gasteiger partial charge < -0.3 is 10.2 Å². The molecule has 6 rings (SSSR count). The molecule has 0 aliphatic heterocycles. The Hall–Kier alpha value is -2.66. The number of nitrogens with zero attached hydrogens (tertiary/aromatic N) is 1. The average Bonchev–Trinajstić information content (AvgIpc) is 3.45. The molecule has 5 nitrogen and oxygen atoms in total. The monoisotopic (exact) mass is 683 g/mol. The first kappa shape index (κ1) is 37.1. The molecule has 2 N–H and O–H groups in total. The molecule has 5 aliphatic rings. The number of likely N-dealkylation sites (N-methyl/N-ethyl adjacent to an activating group) is 1. The predicted octanol–water partition coefficient (Wildman–Crippen LogP) is 10.8. The zero-order valence-electron chi connectivity index (χ0n) is 32.2. The van der Waals surface area contributed by atoms with Crippen LogP contribution in [0.4, 0.5) is 0 Å². The minimum atomic E-state index is -0.877. The van der Waals surface area contributed by atoms with Gasteiger partial charge in [0.15, 0.2) is 0 Å². The molecule has 0 unspecified atom stereocenters. The van der Waals surface area contributed by atoms with Gasteiger partial charge in [-0.15, -0.1) is 0 Å². The first-order valence-electron chi connectivity index (χ1n) is 19.8. The number of carboxylic acids is 1. The fourth-order valence-electron chi connectivity index (χ4n) is 13.8. The second-order valence-electron chi connectivity index (χ2n) is 18.7. The van der Waals surface area contributed by atoms with E-state index < -0.39 is 5.97 Å². The van der Waals surface area contributed by atoms with Crippen LogP contribution in [0.2, 0.25) is 0 Å². The van der Waals surface area contributed by atoms with Gasteiger partial charge in [0.05, 0.1) is 17.9 Å². The highest BCUT2D eigenvalue weighted by molar-refractivity contribution is 5.88. The maximum absolute atomic E-state index is 14.6. The summed E-state index contributed by atoms with van der Waals surface area (Å²) < 4.78 is 0. The smallest absolute Gasteiger partial charge is 0.335 e. The number of carboxylic acid groups (broad SMARTS) is 1. The molecular formula is C45H65NO4. The molecule has 1 aromatic carbocycles. The minimum Gasteiger partial charge on any atom is -0.512 e. The Morgan fingerprint density at radius 3 is 2.20 bits per heavy atom. The van der Waals surface area contributed by atoms with Gasteiger partial charge in [0.1, 0.15) is 5.78 Å². The number of hydrogen-bond donors (Lipinski definition) is 2. The van der Waals surface area contributed by atoms with Crippen molar-refractivity contribution in [3.05, 3.63) is 66.0 Å². The molecule has 0 radical (unpaired) electrons. The van der Waals surface area contributed by atoms with Gasteiger partial charge >= 0.3 is 5.97 Å². The Balaban J connectivity index is 1.28. The summed E-state index contributed by atoms with van der Waals surface area (Å²) in [5.74, 6) is 2.33. The zero-order valence-corrected chi connectivity index (χ0v) is 32.2. The molecule has 5 aliphatic carbocycles. The van der Waals surface area contributed by atoms with E-state index in [-0.39, 0.29) is 32.8 Å². The molecule has 5 heteroatoms. The van der Waals surface area contributed by atoms with Crippen LogP contribution in [0.3, 0.4) is 0 Å². The minimum absolute atomic E-state index is 0.0146. The van der Waals surface area contributed by atoms with Gasteiger partial charge in [-0.3, -0.25) is 9.69 Å². The van der Waals surface area contributed by atoms with Crippen LogP contribution in [0.25, 0.3) is 5.57 Å². The van der Waals surface area contributed by atoms with Crippen molar-refractivity contribution in [2.45, 2.75) is 119 Å². The molecule has 1 aromatic rings. The number of aliphatic hydroxyl groups is 1. The van der Waals surface area contributed by atoms with Gasteiger partial charge in [0.2, 0.25) is 0 Å². The molecule has 0 heterocycles. The zero-order chi connectivity index (χ0) is 36.4. The van der Waals surface area contributed by atoms with Crippen LogP contribution in [0, 0.1) is 56.7 Å². The van der Waals surface area contributed by atoms with Crippen LogP contribution in [-0.4, -0.2) is 46.5 Å². The summed E-state index contributed by atoms with van der Waals surface area (Å²) in [6.45, 7) is 27.5. The Morgan fingerprint density at radius 1 is 0.880 bits per heavy atom. The van der Waals surface area contributed by atoms with Crippen molar-refractivity contribution in [3.63, 3.8) is 0 Å². The number of aliphatic hydroxyl groups excluding tert-OH is 1. The molecule has 4 fully saturated rings. The molecule has 0 spiro atoms. The van der Waals surface area contributed by atoms with Crippen LogP contribution in [-0.2, 0) is 4.79 Å². The highest BCUT2D eigenvalue weighted by Gasteiger charge is 2.71. The molecule has 0 aromatic heterocycles. The lowest BCUT2D eigenvalue weighted by molar-refractivity contribution is -0.224. The topological polar surface area (TPSA) is 77.8 Å². The summed E-state index contributed by atoms with van der Waals surface area (Å²) in [5.41, 5.74) is 4.48. The molecule has 274 valence electrons. The number of aromatic carboxylic acids is 1. The van der Waals surface area contributed by atoms with Gasteiger partial charge in [0, 0.05) is 11.8 Å². The van der Waals surface area contributed by atoms with Crippen molar-refractivity contribution in [3.8, 4) is 0 Å². The Bertz CT molecular complexity index is 1550. The lowest BCUT2D eigenvalue weighted by Crippen LogP contribution is -2.65. The van der Waals surface area contributed by atoms with Gasteiger partial charge in [-0.25, -0.2) is 4.79 Å². The number of benzene rings is 1. The van der Waals surface area contributed by atoms with Crippen molar-refractivity contribution >= 4 is 17.3 Å². The van der Waals surface area contributed by atoms with Gasteiger partial charge in [-0.1, -0.05) is 78.5 Å². The normalized spacial score (nSPS) is 38.6. The maximum Gasteiger partial charge on any atom is 0.335 e. The number of carbonyl (C=O) groups excluding carboxylic acids is 1. The third kappa shape index (κ3) is 5.58. The summed E-state index contributed by atoms with van der Waals surface area (Å²) in [6, 6.07) is 7.54. The number of hydrogen-bond acceptors (Lipinski definition) is 4. The van der Waals surface area contributed by atoms with E-state index in [9.17, 15) is 19.8 Å². The van der Waals surface area contributed by atoms with E-state index in [0.717, 1.165) is 57.2 Å². The van der Waals surface area contributed by atoms with Crippen LogP contribution in [0.5, 0.6) is 0 Å². The Labute approximate surface area is 302 Å². The van der Waals surface area contributed by atoms with E-state index in [1.165, 1.54) is 36.8 Å². The lowest BCUT2D eigenvalue weighted by atomic mass is 9.32. The third-order valence-corrected chi connectivity index (χ3v) is 16.4. The second kappa shape index (κ2) is 13.1. The van der Waals surface area contributed by atoms with E-state index >= 15 is 0 Å². The van der Waals surface area contributed by atoms with Crippen molar-refractivity contribution in [1.29, 1.82) is 0 Å². The number of allylic oxidation sites excluding steroid dienone is 3. The first-order chi connectivity index (χ1) is 23.5. The second-order valence-corrected chi connectivity index (χ2v) is 18.7. The Morgan fingerprint density at radius 2 is 1.58 bits per heavy atom. The van der Waals surface area contributed by atoms with Crippen molar-refractivity contribution in [1.82, 2.24) is 4.90 Å². The molecule has 9 atom stereocenters. The predicted molar refractivity (Wildman–Crippen MR) is 204 cm³/mol. The molecular weight excluding hydrogens is 618 g/mol. The van der Waals surface area contributed by atoms with Gasteiger partial charge in [0.25, 0.3) is 0 Å². The summed E-state index contributed by atoms with van der Waals surface area (Å²) in [6.07, 6.45) is 14.2. The molecule has 0 saturated heterocycles. The summed E-state index contributed by atoms with van der Waals surface area (Å²) in [4.78, 5) is 28.3. The molecule has 0 bridgehead atoms. The van der Waals surface area contributed by atoms with Crippen molar-refractivity contribution < 1.29 is 19.8 Å². The lowest BCUT2D eigenvalue weighted by Gasteiger charge is -2.72. The molecule has 0 amide bonds. The van der Waals surface area contributed by atoms with Crippen LogP contribution in [0.1, 0.15) is 135 Å². The van der Waals surface area contributed by atoms with Crippen molar-refractivity contribution in [2.24, 2.45) is 56.7 Å². The third-order valence-electron chi connectivity index (χ3n) is 16.4. The van der Waals surface area contributed by atoms with Gasteiger partial charge in [-0.05, 0) is 159 Å².